The molecule has 0 N–H and O–H groups in total. The maximum absolute atomic E-state index is 14.1. The minimum atomic E-state index is -3.87. The van der Waals surface area contributed by atoms with Gasteiger partial charge in [0.25, 0.3) is 0 Å². The average molecular weight is 347 g/mol. The molecule has 24 heavy (non-hydrogen) atoms. The molecule has 0 saturated carbocycles. The van der Waals surface area contributed by atoms with Gasteiger partial charge < -0.3 is 0 Å². The van der Waals surface area contributed by atoms with Crippen LogP contribution in [0.15, 0.2) is 53.4 Å². The van der Waals surface area contributed by atoms with Crippen LogP contribution in [0.5, 0.6) is 0 Å². The van der Waals surface area contributed by atoms with Crippen LogP contribution in [-0.4, -0.2) is 19.3 Å². The number of hydrogen-bond donors (Lipinski definition) is 0. The number of nitrogens with zero attached hydrogens (tertiary/aromatic N) is 1. The van der Waals surface area contributed by atoms with Gasteiger partial charge in [0.05, 0.1) is 6.04 Å². The lowest BCUT2D eigenvalue weighted by molar-refractivity contribution is 0.327. The molecule has 5 heteroatoms. The number of rotatable bonds is 3. The second-order valence-electron chi connectivity index (χ2n) is 6.32. The van der Waals surface area contributed by atoms with Crippen LogP contribution in [0.1, 0.15) is 42.9 Å². The van der Waals surface area contributed by atoms with Gasteiger partial charge in [0.15, 0.2) is 0 Å². The van der Waals surface area contributed by atoms with Gasteiger partial charge in [0, 0.05) is 6.54 Å². The Hall–Kier alpha value is -1.72. The highest BCUT2D eigenvalue weighted by molar-refractivity contribution is 7.89. The summed E-state index contributed by atoms with van der Waals surface area (Å²) in [6, 6.07) is 13.3. The molecular formula is C19H22FNO2S. The fraction of sp³-hybridized carbons (Fsp3) is 0.368. The first-order chi connectivity index (χ1) is 11.5. The zero-order valence-corrected chi connectivity index (χ0v) is 14.6. The summed E-state index contributed by atoms with van der Waals surface area (Å²) >= 11 is 0. The van der Waals surface area contributed by atoms with Gasteiger partial charge >= 0.3 is 0 Å². The fourth-order valence-electron chi connectivity index (χ4n) is 3.27. The van der Waals surface area contributed by atoms with E-state index in [-0.39, 0.29) is 10.9 Å². The average Bonchev–Trinajstić information content (AvgIpc) is 2.82. The summed E-state index contributed by atoms with van der Waals surface area (Å²) in [5.74, 6) is -0.690. The van der Waals surface area contributed by atoms with Crippen LogP contribution in [0, 0.1) is 12.7 Å². The maximum atomic E-state index is 14.1. The van der Waals surface area contributed by atoms with E-state index in [1.807, 2.05) is 31.2 Å². The highest BCUT2D eigenvalue weighted by Gasteiger charge is 2.34. The van der Waals surface area contributed by atoms with Gasteiger partial charge in [0.2, 0.25) is 10.0 Å². The quantitative estimate of drug-likeness (QED) is 0.823. The minimum absolute atomic E-state index is 0.232. The number of benzene rings is 2. The summed E-state index contributed by atoms with van der Waals surface area (Å²) in [7, 11) is -3.87. The third kappa shape index (κ3) is 3.37. The van der Waals surface area contributed by atoms with Crippen LogP contribution in [0.25, 0.3) is 0 Å². The van der Waals surface area contributed by atoms with Crippen LogP contribution in [0.4, 0.5) is 4.39 Å². The van der Waals surface area contributed by atoms with Crippen molar-refractivity contribution in [2.24, 2.45) is 0 Å². The van der Waals surface area contributed by atoms with Crippen molar-refractivity contribution >= 4 is 10.0 Å². The lowest BCUT2D eigenvalue weighted by Crippen LogP contribution is -2.35. The highest BCUT2D eigenvalue weighted by Crippen LogP contribution is 2.35. The first-order valence-corrected chi connectivity index (χ1v) is 9.77. The third-order valence-corrected chi connectivity index (χ3v) is 6.53. The summed E-state index contributed by atoms with van der Waals surface area (Å²) in [6.07, 6.45) is 3.53. The summed E-state index contributed by atoms with van der Waals surface area (Å²) in [5.41, 5.74) is 2.11. The Morgan fingerprint density at radius 2 is 1.71 bits per heavy atom. The summed E-state index contributed by atoms with van der Waals surface area (Å²) in [5, 5.41) is 0. The molecule has 3 rings (SSSR count). The van der Waals surface area contributed by atoms with E-state index >= 15 is 0 Å². The fourth-order valence-corrected chi connectivity index (χ4v) is 5.02. The van der Waals surface area contributed by atoms with Gasteiger partial charge in [-0.2, -0.15) is 4.31 Å². The van der Waals surface area contributed by atoms with Gasteiger partial charge in [-0.3, -0.25) is 0 Å². The Kier molecular flexibility index (Phi) is 5.01. The predicted octanol–water partition coefficient (Wildman–Crippen LogP) is 4.44. The molecule has 1 fully saturated rings. The molecule has 0 unspecified atom stereocenters. The standard InChI is InChI=1S/C19H22FNO2S/c1-15-10-12-16(13-11-15)18-8-3-2-6-14-21(18)24(22,23)19-9-5-4-7-17(19)20/h4-5,7,9-13,18H,2-3,6,8,14H2,1H3/t18-/m1/s1. The van der Waals surface area contributed by atoms with Crippen LogP contribution >= 0.6 is 0 Å². The van der Waals surface area contributed by atoms with Gasteiger partial charge in [-0.15, -0.1) is 0 Å². The molecule has 0 amide bonds. The molecule has 0 bridgehead atoms. The molecule has 0 aromatic heterocycles. The van der Waals surface area contributed by atoms with E-state index in [1.165, 1.54) is 22.5 Å². The number of halogens is 1. The zero-order valence-electron chi connectivity index (χ0n) is 13.8. The van der Waals surface area contributed by atoms with Crippen LogP contribution in [0.2, 0.25) is 0 Å². The van der Waals surface area contributed by atoms with Gasteiger partial charge in [-0.25, -0.2) is 12.8 Å². The molecule has 3 nitrogen and oxygen atoms in total. The molecule has 1 aliphatic rings. The molecule has 1 atom stereocenters. The molecule has 1 heterocycles. The van der Waals surface area contributed by atoms with E-state index < -0.39 is 15.8 Å². The Bertz CT molecular complexity index is 802. The Labute approximate surface area is 143 Å². The molecule has 1 aliphatic heterocycles. The first kappa shape index (κ1) is 17.1. The molecule has 1 saturated heterocycles. The highest BCUT2D eigenvalue weighted by atomic mass is 32.2. The largest absolute Gasteiger partial charge is 0.246 e. The van der Waals surface area contributed by atoms with Crippen LogP contribution in [0.3, 0.4) is 0 Å². The Morgan fingerprint density at radius 1 is 1.00 bits per heavy atom. The van der Waals surface area contributed by atoms with Crippen molar-refractivity contribution in [3.8, 4) is 0 Å². The van der Waals surface area contributed by atoms with Crippen molar-refractivity contribution in [1.29, 1.82) is 0 Å². The lowest BCUT2D eigenvalue weighted by atomic mass is 10.0. The molecular weight excluding hydrogens is 325 g/mol. The Balaban J connectivity index is 2.04. The van der Waals surface area contributed by atoms with Crippen LogP contribution < -0.4 is 0 Å². The topological polar surface area (TPSA) is 37.4 Å². The third-order valence-electron chi connectivity index (χ3n) is 4.59. The molecule has 2 aromatic rings. The summed E-state index contributed by atoms with van der Waals surface area (Å²) in [6.45, 7) is 2.43. The number of aryl methyl sites for hydroxylation is 1. The van der Waals surface area contributed by atoms with Gasteiger partial charge in [0.1, 0.15) is 10.7 Å². The predicted molar refractivity (Wildman–Crippen MR) is 92.7 cm³/mol. The van der Waals surface area contributed by atoms with Crippen molar-refractivity contribution in [2.75, 3.05) is 6.54 Å². The van der Waals surface area contributed by atoms with E-state index in [2.05, 4.69) is 0 Å². The van der Waals surface area contributed by atoms with E-state index in [0.717, 1.165) is 36.8 Å². The monoisotopic (exact) mass is 347 g/mol. The second kappa shape index (κ2) is 7.03. The van der Waals surface area contributed by atoms with E-state index in [1.54, 1.807) is 6.07 Å². The summed E-state index contributed by atoms with van der Waals surface area (Å²) in [4.78, 5) is -0.232. The SMILES string of the molecule is Cc1ccc([C@H]2CCCCCN2S(=O)(=O)c2ccccc2F)cc1. The lowest BCUT2D eigenvalue weighted by Gasteiger charge is -2.29. The van der Waals surface area contributed by atoms with Crippen molar-refractivity contribution in [3.63, 3.8) is 0 Å². The van der Waals surface area contributed by atoms with E-state index in [0.29, 0.717) is 6.54 Å². The summed E-state index contributed by atoms with van der Waals surface area (Å²) < 4.78 is 41.8. The number of sulfonamides is 1. The number of hydrogen-bond acceptors (Lipinski definition) is 2. The van der Waals surface area contributed by atoms with E-state index in [4.69, 9.17) is 0 Å². The molecule has 0 radical (unpaired) electrons. The van der Waals surface area contributed by atoms with Crippen molar-refractivity contribution in [1.82, 2.24) is 4.31 Å². The molecule has 128 valence electrons. The van der Waals surface area contributed by atoms with Crippen molar-refractivity contribution < 1.29 is 12.8 Å². The van der Waals surface area contributed by atoms with Crippen molar-refractivity contribution in [3.05, 3.63) is 65.5 Å². The van der Waals surface area contributed by atoms with Gasteiger partial charge in [-0.05, 0) is 37.5 Å². The molecule has 0 aliphatic carbocycles. The van der Waals surface area contributed by atoms with Crippen LogP contribution in [-0.2, 0) is 10.0 Å². The first-order valence-electron chi connectivity index (χ1n) is 8.33. The smallest absolute Gasteiger partial charge is 0.207 e. The minimum Gasteiger partial charge on any atom is -0.207 e. The normalized spacial score (nSPS) is 19.8. The maximum Gasteiger partial charge on any atom is 0.246 e. The molecule has 2 aromatic carbocycles. The van der Waals surface area contributed by atoms with Crippen molar-refractivity contribution in [2.45, 2.75) is 43.5 Å². The zero-order chi connectivity index (χ0) is 17.2. The second-order valence-corrected chi connectivity index (χ2v) is 8.18. The Morgan fingerprint density at radius 3 is 2.42 bits per heavy atom. The van der Waals surface area contributed by atoms with Gasteiger partial charge in [-0.1, -0.05) is 54.8 Å². The molecule has 0 spiro atoms. The van der Waals surface area contributed by atoms with E-state index in [9.17, 15) is 12.8 Å².